The van der Waals surface area contributed by atoms with Crippen molar-refractivity contribution in [2.45, 2.75) is 51.7 Å². The van der Waals surface area contributed by atoms with Crippen molar-refractivity contribution in [3.8, 4) is 0 Å². The van der Waals surface area contributed by atoms with Crippen LogP contribution in [0.5, 0.6) is 0 Å². The van der Waals surface area contributed by atoms with Crippen LogP contribution in [0.1, 0.15) is 51.6 Å². The van der Waals surface area contributed by atoms with Crippen molar-refractivity contribution in [2.24, 2.45) is 0 Å². The third kappa shape index (κ3) is 5.27. The van der Waals surface area contributed by atoms with Gasteiger partial charge in [0.2, 0.25) is 5.91 Å². The van der Waals surface area contributed by atoms with Crippen LogP contribution >= 0.6 is 0 Å². The van der Waals surface area contributed by atoms with Gasteiger partial charge in [-0.05, 0) is 39.2 Å². The standard InChI is InChI=1S/C18H26N2O3/c1-18(2,3)23-17(22)19-12-11-16(21)20-13-7-10-15(20)14-8-5-4-6-9-14/h4-6,8-9,15H,7,10-13H2,1-3H3,(H,19,22). The molecule has 1 aliphatic rings. The number of hydrogen-bond donors (Lipinski definition) is 1. The Morgan fingerprint density at radius 2 is 1.96 bits per heavy atom. The van der Waals surface area contributed by atoms with Crippen LogP contribution in [0.4, 0.5) is 4.79 Å². The van der Waals surface area contributed by atoms with E-state index in [9.17, 15) is 9.59 Å². The normalized spacial score (nSPS) is 17.9. The maximum atomic E-state index is 12.4. The molecule has 1 aliphatic heterocycles. The van der Waals surface area contributed by atoms with Gasteiger partial charge in [-0.15, -0.1) is 0 Å². The fourth-order valence-corrected chi connectivity index (χ4v) is 2.82. The first-order valence-corrected chi connectivity index (χ1v) is 8.18. The minimum Gasteiger partial charge on any atom is -0.444 e. The summed E-state index contributed by atoms with van der Waals surface area (Å²) in [4.78, 5) is 25.9. The summed E-state index contributed by atoms with van der Waals surface area (Å²) >= 11 is 0. The van der Waals surface area contributed by atoms with Crippen molar-refractivity contribution < 1.29 is 14.3 Å². The van der Waals surface area contributed by atoms with Gasteiger partial charge in [-0.2, -0.15) is 0 Å². The molecule has 0 saturated carbocycles. The summed E-state index contributed by atoms with van der Waals surface area (Å²) in [7, 11) is 0. The third-order valence-electron chi connectivity index (χ3n) is 3.76. The number of carbonyl (C=O) groups excluding carboxylic acids is 2. The predicted molar refractivity (Wildman–Crippen MR) is 89.0 cm³/mol. The Hall–Kier alpha value is -2.04. The van der Waals surface area contributed by atoms with E-state index in [1.54, 1.807) is 0 Å². The van der Waals surface area contributed by atoms with Gasteiger partial charge in [0, 0.05) is 19.5 Å². The number of benzene rings is 1. The molecular weight excluding hydrogens is 292 g/mol. The summed E-state index contributed by atoms with van der Waals surface area (Å²) in [6.07, 6.45) is 1.83. The molecule has 126 valence electrons. The van der Waals surface area contributed by atoms with Crippen LogP contribution in [-0.2, 0) is 9.53 Å². The summed E-state index contributed by atoms with van der Waals surface area (Å²) in [5, 5.41) is 2.64. The lowest BCUT2D eigenvalue weighted by Crippen LogP contribution is -2.36. The molecule has 1 unspecified atom stereocenters. The van der Waals surface area contributed by atoms with Crippen molar-refractivity contribution in [2.75, 3.05) is 13.1 Å². The second kappa shape index (κ2) is 7.49. The summed E-state index contributed by atoms with van der Waals surface area (Å²) in [5.74, 6) is 0.0763. The van der Waals surface area contributed by atoms with Crippen molar-refractivity contribution >= 4 is 12.0 Å². The Morgan fingerprint density at radius 3 is 2.61 bits per heavy atom. The molecule has 0 bridgehead atoms. The van der Waals surface area contributed by atoms with Gasteiger partial charge in [0.15, 0.2) is 0 Å². The van der Waals surface area contributed by atoms with E-state index in [2.05, 4.69) is 17.4 Å². The zero-order valence-electron chi connectivity index (χ0n) is 14.2. The molecule has 1 atom stereocenters. The first kappa shape index (κ1) is 17.3. The van der Waals surface area contributed by atoms with Crippen LogP contribution in [0, 0.1) is 0 Å². The number of likely N-dealkylation sites (tertiary alicyclic amines) is 1. The van der Waals surface area contributed by atoms with Crippen molar-refractivity contribution in [3.05, 3.63) is 35.9 Å². The maximum Gasteiger partial charge on any atom is 0.407 e. The van der Waals surface area contributed by atoms with Gasteiger partial charge in [-0.3, -0.25) is 4.79 Å². The van der Waals surface area contributed by atoms with Crippen LogP contribution in [0.25, 0.3) is 0 Å². The SMILES string of the molecule is CC(C)(C)OC(=O)NCCC(=O)N1CCCC1c1ccccc1. The van der Waals surface area contributed by atoms with E-state index in [-0.39, 0.29) is 11.9 Å². The van der Waals surface area contributed by atoms with Crippen LogP contribution in [-0.4, -0.2) is 35.6 Å². The quantitative estimate of drug-likeness (QED) is 0.927. The number of hydrogen-bond acceptors (Lipinski definition) is 3. The van der Waals surface area contributed by atoms with Gasteiger partial charge in [0.05, 0.1) is 6.04 Å². The Bertz CT molecular complexity index is 537. The molecule has 5 heteroatoms. The van der Waals surface area contributed by atoms with E-state index in [0.717, 1.165) is 19.4 Å². The van der Waals surface area contributed by atoms with Crippen LogP contribution in [0.3, 0.4) is 0 Å². The molecule has 5 nitrogen and oxygen atoms in total. The number of nitrogens with zero attached hydrogens (tertiary/aromatic N) is 1. The van der Waals surface area contributed by atoms with E-state index in [0.29, 0.717) is 13.0 Å². The monoisotopic (exact) mass is 318 g/mol. The van der Waals surface area contributed by atoms with Crippen LogP contribution in [0.15, 0.2) is 30.3 Å². The minimum absolute atomic E-state index is 0.0763. The topological polar surface area (TPSA) is 58.6 Å². The van der Waals surface area contributed by atoms with Gasteiger partial charge in [0.1, 0.15) is 5.60 Å². The number of nitrogens with one attached hydrogen (secondary N) is 1. The number of ether oxygens (including phenoxy) is 1. The first-order valence-electron chi connectivity index (χ1n) is 8.18. The summed E-state index contributed by atoms with van der Waals surface area (Å²) < 4.78 is 5.16. The van der Waals surface area contributed by atoms with E-state index >= 15 is 0 Å². The Balaban J connectivity index is 1.82. The molecule has 0 aromatic heterocycles. The summed E-state index contributed by atoms with van der Waals surface area (Å²) in [5.41, 5.74) is 0.653. The molecule has 0 aliphatic carbocycles. The van der Waals surface area contributed by atoms with Crippen molar-refractivity contribution in [1.29, 1.82) is 0 Å². The minimum atomic E-state index is -0.526. The molecule has 1 aromatic rings. The highest BCUT2D eigenvalue weighted by Gasteiger charge is 2.29. The molecule has 1 N–H and O–H groups in total. The second-order valence-corrected chi connectivity index (χ2v) is 6.83. The highest BCUT2D eigenvalue weighted by atomic mass is 16.6. The Morgan fingerprint density at radius 1 is 1.26 bits per heavy atom. The molecule has 23 heavy (non-hydrogen) atoms. The smallest absolute Gasteiger partial charge is 0.407 e. The number of alkyl carbamates (subject to hydrolysis) is 1. The average Bonchev–Trinajstić information content (AvgIpc) is 2.95. The van der Waals surface area contributed by atoms with Gasteiger partial charge >= 0.3 is 6.09 Å². The fourth-order valence-electron chi connectivity index (χ4n) is 2.82. The average molecular weight is 318 g/mol. The van der Waals surface area contributed by atoms with Crippen molar-refractivity contribution in [1.82, 2.24) is 10.2 Å². The van der Waals surface area contributed by atoms with Crippen molar-refractivity contribution in [3.63, 3.8) is 0 Å². The molecule has 1 heterocycles. The molecule has 1 saturated heterocycles. The molecule has 1 fully saturated rings. The number of amides is 2. The Kier molecular flexibility index (Phi) is 5.64. The van der Waals surface area contributed by atoms with Gasteiger partial charge in [-0.1, -0.05) is 30.3 Å². The van der Waals surface area contributed by atoms with E-state index in [4.69, 9.17) is 4.74 Å². The zero-order valence-corrected chi connectivity index (χ0v) is 14.2. The lowest BCUT2D eigenvalue weighted by atomic mass is 10.0. The maximum absolute atomic E-state index is 12.4. The highest BCUT2D eigenvalue weighted by molar-refractivity contribution is 5.78. The fraction of sp³-hybridized carbons (Fsp3) is 0.556. The van der Waals surface area contributed by atoms with Gasteiger partial charge in [0.25, 0.3) is 0 Å². The molecule has 0 spiro atoms. The molecule has 0 radical (unpaired) electrons. The molecular formula is C18H26N2O3. The lowest BCUT2D eigenvalue weighted by molar-refractivity contribution is -0.132. The van der Waals surface area contributed by atoms with E-state index < -0.39 is 11.7 Å². The lowest BCUT2D eigenvalue weighted by Gasteiger charge is -2.25. The first-order chi connectivity index (χ1) is 10.9. The number of rotatable bonds is 4. The summed E-state index contributed by atoms with van der Waals surface area (Å²) in [6, 6.07) is 10.3. The van der Waals surface area contributed by atoms with E-state index in [1.165, 1.54) is 5.56 Å². The molecule has 2 amide bonds. The van der Waals surface area contributed by atoms with Crippen LogP contribution < -0.4 is 5.32 Å². The summed E-state index contributed by atoms with van der Waals surface area (Å²) in [6.45, 7) is 6.52. The second-order valence-electron chi connectivity index (χ2n) is 6.83. The Labute approximate surface area is 138 Å². The van der Waals surface area contributed by atoms with Gasteiger partial charge in [-0.25, -0.2) is 4.79 Å². The number of carbonyl (C=O) groups is 2. The molecule has 2 rings (SSSR count). The predicted octanol–water partition coefficient (Wildman–Crippen LogP) is 3.26. The highest BCUT2D eigenvalue weighted by Crippen LogP contribution is 2.32. The largest absolute Gasteiger partial charge is 0.444 e. The third-order valence-corrected chi connectivity index (χ3v) is 3.76. The zero-order chi connectivity index (χ0) is 16.9. The van der Waals surface area contributed by atoms with Crippen LogP contribution in [0.2, 0.25) is 0 Å². The van der Waals surface area contributed by atoms with Gasteiger partial charge < -0.3 is 15.0 Å². The molecule has 1 aromatic carbocycles. The van der Waals surface area contributed by atoms with E-state index in [1.807, 2.05) is 43.9 Å².